The first-order chi connectivity index (χ1) is 11.2. The molecule has 5 nitrogen and oxygen atoms in total. The Morgan fingerprint density at radius 3 is 3.00 bits per heavy atom. The normalized spacial score (nSPS) is 26.4. The van der Waals surface area contributed by atoms with E-state index in [2.05, 4.69) is 10.6 Å². The first-order valence-corrected chi connectivity index (χ1v) is 8.39. The van der Waals surface area contributed by atoms with Gasteiger partial charge in [0.1, 0.15) is 11.5 Å². The van der Waals surface area contributed by atoms with Gasteiger partial charge in [0.15, 0.2) is 0 Å². The van der Waals surface area contributed by atoms with Crippen LogP contribution in [-0.2, 0) is 11.3 Å². The molecule has 1 aromatic rings. The molecular weight excluding hydrogens is 292 g/mol. The predicted molar refractivity (Wildman–Crippen MR) is 88.7 cm³/mol. The number of amides is 1. The molecule has 1 heterocycles. The Bertz CT molecular complexity index is 575. The molecule has 0 bridgehead atoms. The summed E-state index contributed by atoms with van der Waals surface area (Å²) in [6.07, 6.45) is 4.55. The van der Waals surface area contributed by atoms with Crippen molar-refractivity contribution in [3.63, 3.8) is 0 Å². The molecule has 126 valence electrons. The van der Waals surface area contributed by atoms with Crippen LogP contribution in [0.3, 0.4) is 0 Å². The van der Waals surface area contributed by atoms with E-state index in [4.69, 9.17) is 9.47 Å². The molecule has 2 atom stereocenters. The number of carbonyl (C=O) groups excluding carboxylic acids is 1. The minimum atomic E-state index is -0.210. The largest absolute Gasteiger partial charge is 0.497 e. The van der Waals surface area contributed by atoms with Crippen LogP contribution in [0.15, 0.2) is 18.2 Å². The average molecular weight is 318 g/mol. The van der Waals surface area contributed by atoms with Crippen LogP contribution in [0, 0.1) is 11.3 Å². The van der Waals surface area contributed by atoms with E-state index in [1.54, 1.807) is 14.2 Å². The zero-order chi connectivity index (χ0) is 16.3. The standard InChI is InChI=1S/C18H26N2O3/c1-22-15-7-6-13(16(9-15)23-2)10-20-17(21)18-8-4-3-5-14(18)11-19-12-18/h6-7,9,14,19H,3-5,8,10-12H2,1-2H3,(H,20,21)/t14-,18+/m0/s1. The predicted octanol–water partition coefficient (Wildman–Crippen LogP) is 2.10. The number of benzene rings is 1. The van der Waals surface area contributed by atoms with E-state index in [1.165, 1.54) is 6.42 Å². The van der Waals surface area contributed by atoms with Crippen molar-refractivity contribution in [1.82, 2.24) is 10.6 Å². The van der Waals surface area contributed by atoms with Crippen molar-refractivity contribution < 1.29 is 14.3 Å². The van der Waals surface area contributed by atoms with Crippen LogP contribution in [0.4, 0.5) is 0 Å². The number of carbonyl (C=O) groups is 1. The van der Waals surface area contributed by atoms with Crippen molar-refractivity contribution in [2.75, 3.05) is 27.3 Å². The van der Waals surface area contributed by atoms with Crippen molar-refractivity contribution in [2.45, 2.75) is 32.2 Å². The fourth-order valence-corrected chi connectivity index (χ4v) is 4.04. The highest BCUT2D eigenvalue weighted by molar-refractivity contribution is 5.84. The van der Waals surface area contributed by atoms with Crippen LogP contribution in [-0.4, -0.2) is 33.2 Å². The summed E-state index contributed by atoms with van der Waals surface area (Å²) < 4.78 is 10.6. The lowest BCUT2D eigenvalue weighted by molar-refractivity contribution is -0.134. The quantitative estimate of drug-likeness (QED) is 0.873. The Morgan fingerprint density at radius 2 is 2.22 bits per heavy atom. The van der Waals surface area contributed by atoms with Gasteiger partial charge in [-0.15, -0.1) is 0 Å². The molecule has 1 saturated heterocycles. The maximum Gasteiger partial charge on any atom is 0.228 e. The molecule has 2 fully saturated rings. The van der Waals surface area contributed by atoms with Gasteiger partial charge < -0.3 is 20.1 Å². The second kappa shape index (κ2) is 6.79. The third kappa shape index (κ3) is 3.02. The molecule has 0 aromatic heterocycles. The van der Waals surface area contributed by atoms with E-state index >= 15 is 0 Å². The molecule has 0 radical (unpaired) electrons. The first-order valence-electron chi connectivity index (χ1n) is 8.39. The summed E-state index contributed by atoms with van der Waals surface area (Å²) in [7, 11) is 3.27. The van der Waals surface area contributed by atoms with E-state index in [-0.39, 0.29) is 11.3 Å². The summed E-state index contributed by atoms with van der Waals surface area (Å²) in [4.78, 5) is 12.9. The number of hydrogen-bond donors (Lipinski definition) is 2. The van der Waals surface area contributed by atoms with E-state index < -0.39 is 0 Å². The van der Waals surface area contributed by atoms with Gasteiger partial charge >= 0.3 is 0 Å². The zero-order valence-corrected chi connectivity index (χ0v) is 14.0. The van der Waals surface area contributed by atoms with E-state index in [9.17, 15) is 4.79 Å². The van der Waals surface area contributed by atoms with Crippen molar-refractivity contribution in [3.8, 4) is 11.5 Å². The maximum absolute atomic E-state index is 12.9. The summed E-state index contributed by atoms with van der Waals surface area (Å²) in [5.41, 5.74) is 0.758. The molecule has 0 spiro atoms. The number of nitrogens with one attached hydrogen (secondary N) is 2. The van der Waals surface area contributed by atoms with Gasteiger partial charge in [-0.05, 0) is 37.4 Å². The molecule has 1 aromatic carbocycles. The second-order valence-electron chi connectivity index (χ2n) is 6.59. The summed E-state index contributed by atoms with van der Waals surface area (Å²) in [6.45, 7) is 2.27. The SMILES string of the molecule is COc1ccc(CNC(=O)[C@@]23CCCC[C@H]2CNC3)c(OC)c1. The van der Waals surface area contributed by atoms with Gasteiger partial charge in [-0.3, -0.25) is 4.79 Å². The van der Waals surface area contributed by atoms with Crippen LogP contribution in [0.2, 0.25) is 0 Å². The molecule has 1 aliphatic heterocycles. The Kier molecular flexibility index (Phi) is 4.76. The van der Waals surface area contributed by atoms with Gasteiger partial charge in [0.25, 0.3) is 0 Å². The Hall–Kier alpha value is -1.75. The number of fused-ring (bicyclic) bond motifs is 1. The summed E-state index contributed by atoms with van der Waals surface area (Å²) >= 11 is 0. The molecule has 5 heteroatoms. The molecule has 2 N–H and O–H groups in total. The van der Waals surface area contributed by atoms with Crippen LogP contribution >= 0.6 is 0 Å². The Balaban J connectivity index is 1.69. The lowest BCUT2D eigenvalue weighted by atomic mass is 9.67. The van der Waals surface area contributed by atoms with E-state index in [0.29, 0.717) is 12.5 Å². The zero-order valence-electron chi connectivity index (χ0n) is 14.0. The highest BCUT2D eigenvalue weighted by atomic mass is 16.5. The Labute approximate surface area is 137 Å². The van der Waals surface area contributed by atoms with Gasteiger partial charge in [-0.2, -0.15) is 0 Å². The number of methoxy groups -OCH3 is 2. The topological polar surface area (TPSA) is 59.6 Å². The van der Waals surface area contributed by atoms with Gasteiger partial charge in [0.05, 0.1) is 19.6 Å². The number of ether oxygens (including phenoxy) is 2. The minimum absolute atomic E-state index is 0.185. The maximum atomic E-state index is 12.9. The highest BCUT2D eigenvalue weighted by Gasteiger charge is 2.49. The monoisotopic (exact) mass is 318 g/mol. The fourth-order valence-electron chi connectivity index (χ4n) is 4.04. The van der Waals surface area contributed by atoms with Crippen LogP contribution in [0.25, 0.3) is 0 Å². The summed E-state index contributed by atoms with van der Waals surface area (Å²) in [5.74, 6) is 2.16. The molecule has 3 rings (SSSR count). The van der Waals surface area contributed by atoms with Gasteiger partial charge in [-0.25, -0.2) is 0 Å². The van der Waals surface area contributed by atoms with Crippen LogP contribution in [0.5, 0.6) is 11.5 Å². The molecule has 0 unspecified atom stereocenters. The minimum Gasteiger partial charge on any atom is -0.497 e. The van der Waals surface area contributed by atoms with Gasteiger partial charge in [-0.1, -0.05) is 12.8 Å². The van der Waals surface area contributed by atoms with Crippen molar-refractivity contribution >= 4 is 5.91 Å². The van der Waals surface area contributed by atoms with E-state index in [1.807, 2.05) is 18.2 Å². The number of rotatable bonds is 5. The lowest BCUT2D eigenvalue weighted by Gasteiger charge is -2.37. The smallest absolute Gasteiger partial charge is 0.228 e. The molecular formula is C18H26N2O3. The summed E-state index contributed by atoms with van der Waals surface area (Å²) in [5, 5.41) is 6.56. The molecule has 1 aliphatic carbocycles. The fraction of sp³-hybridized carbons (Fsp3) is 0.611. The lowest BCUT2D eigenvalue weighted by Crippen LogP contribution is -2.47. The highest BCUT2D eigenvalue weighted by Crippen LogP contribution is 2.44. The molecule has 23 heavy (non-hydrogen) atoms. The Morgan fingerprint density at radius 1 is 1.35 bits per heavy atom. The van der Waals surface area contributed by atoms with Crippen LogP contribution in [0.1, 0.15) is 31.2 Å². The van der Waals surface area contributed by atoms with E-state index in [0.717, 1.165) is 49.4 Å². The average Bonchev–Trinajstić information content (AvgIpc) is 3.04. The molecule has 2 aliphatic rings. The third-order valence-corrected chi connectivity index (χ3v) is 5.42. The first kappa shape index (κ1) is 16.1. The van der Waals surface area contributed by atoms with Crippen molar-refractivity contribution in [2.24, 2.45) is 11.3 Å². The summed E-state index contributed by atoms with van der Waals surface area (Å²) in [6, 6.07) is 5.68. The third-order valence-electron chi connectivity index (χ3n) is 5.42. The van der Waals surface area contributed by atoms with Gasteiger partial charge in [0, 0.05) is 24.7 Å². The van der Waals surface area contributed by atoms with Crippen molar-refractivity contribution in [3.05, 3.63) is 23.8 Å². The second-order valence-corrected chi connectivity index (χ2v) is 6.59. The molecule has 1 amide bonds. The van der Waals surface area contributed by atoms with Gasteiger partial charge in [0.2, 0.25) is 5.91 Å². The number of hydrogen-bond acceptors (Lipinski definition) is 4. The van der Waals surface area contributed by atoms with Crippen LogP contribution < -0.4 is 20.1 Å². The van der Waals surface area contributed by atoms with Crippen molar-refractivity contribution in [1.29, 1.82) is 0 Å². The molecule has 1 saturated carbocycles.